The minimum atomic E-state index is -0.0353. The molecule has 1 amide bonds. The van der Waals surface area contributed by atoms with Crippen LogP contribution in [0.3, 0.4) is 0 Å². The molecule has 0 saturated heterocycles. The van der Waals surface area contributed by atoms with E-state index >= 15 is 0 Å². The lowest BCUT2D eigenvalue weighted by atomic mass is 9.81. The lowest BCUT2D eigenvalue weighted by Crippen LogP contribution is -2.32. The molecule has 1 aromatic carbocycles. The van der Waals surface area contributed by atoms with Crippen molar-refractivity contribution in [3.8, 4) is 5.75 Å². The molecule has 4 nitrogen and oxygen atoms in total. The fourth-order valence-corrected chi connectivity index (χ4v) is 2.61. The van der Waals surface area contributed by atoms with Gasteiger partial charge in [0, 0.05) is 5.92 Å². The summed E-state index contributed by atoms with van der Waals surface area (Å²) in [5, 5.41) is 3.97. The minimum absolute atomic E-state index is 0.0353. The number of ether oxygens (including phenoxy) is 1. The number of hydrazone groups is 1. The highest BCUT2D eigenvalue weighted by molar-refractivity contribution is 14.1. The molecule has 1 fully saturated rings. The molecule has 100 valence electrons. The number of nitrogens with one attached hydrogen (secondary N) is 1. The fourth-order valence-electron chi connectivity index (χ4n) is 1.85. The first kappa shape index (κ1) is 14.0. The predicted molar refractivity (Wildman–Crippen MR) is 83.3 cm³/mol. The van der Waals surface area contributed by atoms with Crippen molar-refractivity contribution in [1.29, 1.82) is 0 Å². The van der Waals surface area contributed by atoms with Crippen LogP contribution in [0.1, 0.15) is 18.4 Å². The summed E-state index contributed by atoms with van der Waals surface area (Å²) in [4.78, 5) is 11.6. The van der Waals surface area contributed by atoms with Crippen LogP contribution >= 0.6 is 22.6 Å². The Morgan fingerprint density at radius 2 is 2.32 bits per heavy atom. The van der Waals surface area contributed by atoms with Crippen molar-refractivity contribution in [3.05, 3.63) is 39.5 Å². The Kier molecular flexibility index (Phi) is 4.57. The Labute approximate surface area is 126 Å². The quantitative estimate of drug-likeness (QED) is 0.384. The number of allylic oxidation sites excluding steroid dienone is 1. The second-order valence-electron chi connectivity index (χ2n) is 4.48. The van der Waals surface area contributed by atoms with Crippen LogP contribution in [-0.2, 0) is 4.79 Å². The molecule has 1 saturated carbocycles. The highest BCUT2D eigenvalue weighted by atomic mass is 127. The van der Waals surface area contributed by atoms with Crippen molar-refractivity contribution in [3.63, 3.8) is 0 Å². The van der Waals surface area contributed by atoms with E-state index in [1.807, 2.05) is 18.2 Å². The number of halogens is 1. The number of nitrogens with zero attached hydrogens (tertiary/aromatic N) is 1. The van der Waals surface area contributed by atoms with E-state index < -0.39 is 0 Å². The summed E-state index contributed by atoms with van der Waals surface area (Å²) >= 11 is 2.20. The summed E-state index contributed by atoms with van der Waals surface area (Å²) in [6, 6.07) is 5.71. The van der Waals surface area contributed by atoms with Gasteiger partial charge in [-0.15, -0.1) is 0 Å². The molecule has 1 aliphatic carbocycles. The highest BCUT2D eigenvalue weighted by Gasteiger charge is 2.27. The van der Waals surface area contributed by atoms with Crippen LogP contribution in [0.4, 0.5) is 0 Å². The maximum atomic E-state index is 11.6. The first-order valence-electron chi connectivity index (χ1n) is 5.93. The molecule has 0 aliphatic heterocycles. The van der Waals surface area contributed by atoms with Gasteiger partial charge in [-0.25, -0.2) is 5.43 Å². The fraction of sp³-hybridized carbons (Fsp3) is 0.286. The number of benzene rings is 1. The van der Waals surface area contributed by atoms with Crippen molar-refractivity contribution in [2.75, 3.05) is 7.11 Å². The number of hydrogen-bond donors (Lipinski definition) is 1. The first-order valence-corrected chi connectivity index (χ1v) is 7.01. The van der Waals surface area contributed by atoms with Crippen LogP contribution in [0.2, 0.25) is 0 Å². The van der Waals surface area contributed by atoms with Crippen LogP contribution < -0.4 is 10.2 Å². The lowest BCUT2D eigenvalue weighted by Gasteiger charge is -2.25. The Balaban J connectivity index is 1.90. The zero-order valence-corrected chi connectivity index (χ0v) is 12.8. The molecule has 0 unspecified atom stereocenters. The lowest BCUT2D eigenvalue weighted by molar-refractivity contribution is -0.126. The average molecular weight is 370 g/mol. The third-order valence-electron chi connectivity index (χ3n) is 3.01. The Bertz CT molecular complexity index is 532. The van der Waals surface area contributed by atoms with Gasteiger partial charge in [0.05, 0.1) is 16.9 Å². The number of hydrogen-bond acceptors (Lipinski definition) is 3. The predicted octanol–water partition coefficient (Wildman–Crippen LogP) is 2.72. The molecule has 0 atom stereocenters. The monoisotopic (exact) mass is 370 g/mol. The molecule has 0 heterocycles. The van der Waals surface area contributed by atoms with Gasteiger partial charge >= 0.3 is 0 Å². The highest BCUT2D eigenvalue weighted by Crippen LogP contribution is 2.31. The van der Waals surface area contributed by atoms with Gasteiger partial charge in [-0.1, -0.05) is 12.2 Å². The largest absolute Gasteiger partial charge is 0.496 e. The van der Waals surface area contributed by atoms with E-state index in [4.69, 9.17) is 4.74 Å². The second kappa shape index (κ2) is 6.18. The van der Waals surface area contributed by atoms with Crippen LogP contribution in [-0.4, -0.2) is 19.2 Å². The third-order valence-corrected chi connectivity index (χ3v) is 3.85. The number of methoxy groups -OCH3 is 1. The molecule has 1 aliphatic rings. The van der Waals surface area contributed by atoms with E-state index in [2.05, 4.69) is 39.7 Å². The number of carbonyl (C=O) groups is 1. The SMILES string of the molecule is C=C1CC(C(=O)NN=Cc2ccc(OC)c(I)c2)C1. The standard InChI is InChI=1S/C14H15IN2O2/c1-9-5-11(6-9)14(18)17-16-8-10-3-4-13(19-2)12(15)7-10/h3-4,7-8,11H,1,5-6H2,2H3,(H,17,18). The summed E-state index contributed by atoms with van der Waals surface area (Å²) in [6.45, 7) is 3.82. The van der Waals surface area contributed by atoms with Gasteiger partial charge in [-0.05, 0) is 59.2 Å². The summed E-state index contributed by atoms with van der Waals surface area (Å²) in [6.07, 6.45) is 3.19. The maximum Gasteiger partial charge on any atom is 0.243 e. The van der Waals surface area contributed by atoms with Gasteiger partial charge in [0.2, 0.25) is 5.91 Å². The summed E-state index contributed by atoms with van der Waals surface area (Å²) in [7, 11) is 1.64. The van der Waals surface area contributed by atoms with E-state index in [0.29, 0.717) is 0 Å². The Hall–Kier alpha value is -1.37. The van der Waals surface area contributed by atoms with Crippen LogP contribution in [0.5, 0.6) is 5.75 Å². The first-order chi connectivity index (χ1) is 9.10. The zero-order chi connectivity index (χ0) is 13.8. The third kappa shape index (κ3) is 3.56. The molecule has 0 radical (unpaired) electrons. The Morgan fingerprint density at radius 1 is 1.58 bits per heavy atom. The van der Waals surface area contributed by atoms with E-state index in [9.17, 15) is 4.79 Å². The molecule has 0 bridgehead atoms. The van der Waals surface area contributed by atoms with E-state index in [1.54, 1.807) is 13.3 Å². The van der Waals surface area contributed by atoms with Crippen molar-refractivity contribution < 1.29 is 9.53 Å². The second-order valence-corrected chi connectivity index (χ2v) is 5.65. The molecular formula is C14H15IN2O2. The van der Waals surface area contributed by atoms with Gasteiger partial charge in [0.15, 0.2) is 0 Å². The van der Waals surface area contributed by atoms with Crippen LogP contribution in [0.15, 0.2) is 35.5 Å². The normalized spacial score (nSPS) is 15.4. The van der Waals surface area contributed by atoms with Crippen molar-refractivity contribution in [2.24, 2.45) is 11.0 Å². The molecular weight excluding hydrogens is 355 g/mol. The Morgan fingerprint density at radius 3 is 2.89 bits per heavy atom. The van der Waals surface area contributed by atoms with Gasteiger partial charge in [0.1, 0.15) is 5.75 Å². The van der Waals surface area contributed by atoms with Crippen LogP contribution in [0.25, 0.3) is 0 Å². The van der Waals surface area contributed by atoms with Crippen molar-refractivity contribution in [2.45, 2.75) is 12.8 Å². The van der Waals surface area contributed by atoms with E-state index in [-0.39, 0.29) is 11.8 Å². The molecule has 5 heteroatoms. The maximum absolute atomic E-state index is 11.6. The van der Waals surface area contributed by atoms with Gasteiger partial charge in [-0.2, -0.15) is 5.10 Å². The smallest absolute Gasteiger partial charge is 0.243 e. The molecule has 1 aromatic rings. The van der Waals surface area contributed by atoms with Gasteiger partial charge in [0.25, 0.3) is 0 Å². The zero-order valence-electron chi connectivity index (χ0n) is 10.6. The molecule has 19 heavy (non-hydrogen) atoms. The van der Waals surface area contributed by atoms with Gasteiger partial charge in [-0.3, -0.25) is 4.79 Å². The van der Waals surface area contributed by atoms with Gasteiger partial charge < -0.3 is 4.74 Å². The number of rotatable bonds is 4. The molecule has 2 rings (SSSR count). The number of amides is 1. The summed E-state index contributed by atoms with van der Waals surface area (Å²) < 4.78 is 6.18. The molecule has 1 N–H and O–H groups in total. The summed E-state index contributed by atoms with van der Waals surface area (Å²) in [5.74, 6) is 0.835. The topological polar surface area (TPSA) is 50.7 Å². The van der Waals surface area contributed by atoms with Crippen molar-refractivity contribution in [1.82, 2.24) is 5.43 Å². The van der Waals surface area contributed by atoms with E-state index in [0.717, 1.165) is 33.3 Å². The van der Waals surface area contributed by atoms with E-state index in [1.165, 1.54) is 0 Å². The van der Waals surface area contributed by atoms with Crippen LogP contribution in [0, 0.1) is 9.49 Å². The summed E-state index contributed by atoms with van der Waals surface area (Å²) in [5.41, 5.74) is 4.61. The average Bonchev–Trinajstić information content (AvgIpc) is 2.35. The molecule has 0 aromatic heterocycles. The number of carbonyl (C=O) groups excluding carboxylic acids is 1. The molecule has 0 spiro atoms. The minimum Gasteiger partial charge on any atom is -0.496 e. The van der Waals surface area contributed by atoms with Crippen molar-refractivity contribution >= 4 is 34.7 Å².